The maximum absolute atomic E-state index is 6.11. The number of ether oxygens (including phenoxy) is 1. The van der Waals surface area contributed by atoms with Crippen molar-refractivity contribution >= 4 is 29.9 Å². The van der Waals surface area contributed by atoms with Gasteiger partial charge >= 0.3 is 0 Å². The molecular weight excluding hydrogens is 377 g/mol. The van der Waals surface area contributed by atoms with Crippen LogP contribution in [-0.4, -0.2) is 37.6 Å². The van der Waals surface area contributed by atoms with Crippen molar-refractivity contribution in [1.29, 1.82) is 0 Å². The molecule has 1 saturated heterocycles. The van der Waals surface area contributed by atoms with E-state index in [4.69, 9.17) is 10.5 Å². The molecule has 4 nitrogen and oxygen atoms in total. The number of halogens is 1. The second-order valence-corrected chi connectivity index (χ2v) is 5.53. The summed E-state index contributed by atoms with van der Waals surface area (Å²) in [5.74, 6) is 1.35. The van der Waals surface area contributed by atoms with E-state index >= 15 is 0 Å². The van der Waals surface area contributed by atoms with Gasteiger partial charge in [0.2, 0.25) is 0 Å². The number of guanidine groups is 1. The molecule has 0 radical (unpaired) electrons. The van der Waals surface area contributed by atoms with Crippen LogP contribution in [0.2, 0.25) is 0 Å². The van der Waals surface area contributed by atoms with Crippen molar-refractivity contribution in [2.75, 3.05) is 26.7 Å². The summed E-state index contributed by atoms with van der Waals surface area (Å²) in [6.45, 7) is 4.86. The molecule has 0 saturated carbocycles. The van der Waals surface area contributed by atoms with Crippen LogP contribution in [0.5, 0.6) is 0 Å². The zero-order valence-corrected chi connectivity index (χ0v) is 15.2. The minimum Gasteiger partial charge on any atom is -0.375 e. The minimum absolute atomic E-state index is 0. The quantitative estimate of drug-likeness (QED) is 0.478. The molecule has 2 rings (SSSR count). The number of nitrogens with zero attached hydrogens (tertiary/aromatic N) is 2. The van der Waals surface area contributed by atoms with Gasteiger partial charge in [0.1, 0.15) is 6.10 Å². The molecular formula is C16H26IN3O. The van der Waals surface area contributed by atoms with Gasteiger partial charge in [0, 0.05) is 20.2 Å². The van der Waals surface area contributed by atoms with E-state index in [-0.39, 0.29) is 30.1 Å². The molecule has 1 aliphatic rings. The third-order valence-corrected chi connectivity index (χ3v) is 3.86. The lowest BCUT2D eigenvalue weighted by atomic mass is 10.0. The van der Waals surface area contributed by atoms with Crippen molar-refractivity contribution in [2.45, 2.75) is 25.9 Å². The van der Waals surface area contributed by atoms with Gasteiger partial charge in [-0.2, -0.15) is 0 Å². The number of hydrogen-bond acceptors (Lipinski definition) is 2. The summed E-state index contributed by atoms with van der Waals surface area (Å²) < 4.78 is 5.51. The van der Waals surface area contributed by atoms with E-state index in [1.54, 1.807) is 7.11 Å². The Balaban J connectivity index is 0.00000220. The van der Waals surface area contributed by atoms with Gasteiger partial charge in [-0.1, -0.05) is 37.3 Å². The van der Waals surface area contributed by atoms with Crippen LogP contribution in [0.25, 0.3) is 0 Å². The van der Waals surface area contributed by atoms with E-state index in [1.807, 2.05) is 18.2 Å². The minimum atomic E-state index is -0.0306. The molecule has 2 N–H and O–H groups in total. The van der Waals surface area contributed by atoms with Crippen LogP contribution < -0.4 is 5.73 Å². The summed E-state index contributed by atoms with van der Waals surface area (Å²) in [4.78, 5) is 6.71. The first kappa shape index (κ1) is 18.2. The topological polar surface area (TPSA) is 50.9 Å². The molecule has 1 aliphatic heterocycles. The van der Waals surface area contributed by atoms with Crippen molar-refractivity contribution in [3.05, 3.63) is 35.9 Å². The van der Waals surface area contributed by atoms with Crippen molar-refractivity contribution < 1.29 is 4.74 Å². The summed E-state index contributed by atoms with van der Waals surface area (Å²) in [5, 5.41) is 0. The van der Waals surface area contributed by atoms with Crippen molar-refractivity contribution in [1.82, 2.24) is 4.90 Å². The van der Waals surface area contributed by atoms with Gasteiger partial charge in [-0.05, 0) is 24.3 Å². The highest BCUT2D eigenvalue weighted by atomic mass is 127. The molecule has 2 atom stereocenters. The largest absolute Gasteiger partial charge is 0.375 e. The Morgan fingerprint density at radius 3 is 2.76 bits per heavy atom. The van der Waals surface area contributed by atoms with Crippen LogP contribution in [0.4, 0.5) is 0 Å². The van der Waals surface area contributed by atoms with E-state index in [1.165, 1.54) is 12.8 Å². The van der Waals surface area contributed by atoms with Gasteiger partial charge < -0.3 is 15.4 Å². The Labute approximate surface area is 144 Å². The molecule has 0 aliphatic carbocycles. The van der Waals surface area contributed by atoms with Crippen molar-refractivity contribution in [2.24, 2.45) is 16.6 Å². The van der Waals surface area contributed by atoms with E-state index < -0.39 is 0 Å². The fourth-order valence-electron chi connectivity index (χ4n) is 2.66. The molecule has 0 bridgehead atoms. The van der Waals surface area contributed by atoms with Crippen molar-refractivity contribution in [3.8, 4) is 0 Å². The Morgan fingerprint density at radius 1 is 1.43 bits per heavy atom. The highest BCUT2D eigenvalue weighted by Gasteiger charge is 2.18. The summed E-state index contributed by atoms with van der Waals surface area (Å²) >= 11 is 0. The number of rotatable bonds is 4. The van der Waals surface area contributed by atoms with E-state index in [2.05, 4.69) is 28.9 Å². The van der Waals surface area contributed by atoms with Crippen LogP contribution in [0.15, 0.2) is 35.3 Å². The van der Waals surface area contributed by atoms with E-state index in [0.29, 0.717) is 18.4 Å². The first-order valence-corrected chi connectivity index (χ1v) is 7.33. The molecule has 2 unspecified atom stereocenters. The average Bonchev–Trinajstić information content (AvgIpc) is 2.49. The first-order chi connectivity index (χ1) is 9.70. The molecule has 0 amide bonds. The van der Waals surface area contributed by atoms with Crippen LogP contribution in [0.3, 0.4) is 0 Å². The van der Waals surface area contributed by atoms with Crippen LogP contribution in [0, 0.1) is 5.92 Å². The van der Waals surface area contributed by atoms with E-state index in [9.17, 15) is 0 Å². The summed E-state index contributed by atoms with van der Waals surface area (Å²) in [7, 11) is 1.71. The van der Waals surface area contributed by atoms with Gasteiger partial charge in [-0.15, -0.1) is 24.0 Å². The predicted molar refractivity (Wildman–Crippen MR) is 98.1 cm³/mol. The van der Waals surface area contributed by atoms with Gasteiger partial charge in [0.25, 0.3) is 0 Å². The predicted octanol–water partition coefficient (Wildman–Crippen LogP) is 3.04. The van der Waals surface area contributed by atoms with Gasteiger partial charge in [-0.25, -0.2) is 0 Å². The Hall–Kier alpha value is -0.820. The fourth-order valence-corrected chi connectivity index (χ4v) is 2.66. The van der Waals surface area contributed by atoms with E-state index in [0.717, 1.165) is 18.7 Å². The molecule has 5 heteroatoms. The first-order valence-electron chi connectivity index (χ1n) is 7.33. The van der Waals surface area contributed by atoms with Crippen molar-refractivity contribution in [3.63, 3.8) is 0 Å². The van der Waals surface area contributed by atoms with Crippen LogP contribution in [-0.2, 0) is 4.74 Å². The number of piperidine rings is 1. The van der Waals surface area contributed by atoms with Gasteiger partial charge in [0.15, 0.2) is 5.96 Å². The lowest BCUT2D eigenvalue weighted by Gasteiger charge is -2.31. The smallest absolute Gasteiger partial charge is 0.191 e. The Kier molecular flexibility index (Phi) is 8.03. The number of methoxy groups -OCH3 is 1. The highest BCUT2D eigenvalue weighted by molar-refractivity contribution is 14.0. The van der Waals surface area contributed by atoms with Crippen LogP contribution >= 0.6 is 24.0 Å². The third kappa shape index (κ3) is 5.47. The molecule has 0 spiro atoms. The maximum Gasteiger partial charge on any atom is 0.191 e. The number of likely N-dealkylation sites (tertiary alicyclic amines) is 1. The number of nitrogens with two attached hydrogens (primary N) is 1. The van der Waals surface area contributed by atoms with Gasteiger partial charge in [0.05, 0.1) is 6.54 Å². The summed E-state index contributed by atoms with van der Waals surface area (Å²) in [6.07, 6.45) is 2.45. The third-order valence-electron chi connectivity index (χ3n) is 3.86. The molecule has 1 aromatic rings. The Morgan fingerprint density at radius 2 is 2.14 bits per heavy atom. The molecule has 1 aromatic carbocycles. The standard InChI is InChI=1S/C16H25N3O.HI/c1-13-7-6-10-19(12-13)16(17)18-11-15(20-2)14-8-4-3-5-9-14;/h3-5,8-9,13,15H,6-7,10-12H2,1-2H3,(H2,17,18);1H. The number of hydrogen-bond donors (Lipinski definition) is 1. The second kappa shape index (κ2) is 9.25. The molecule has 0 aromatic heterocycles. The maximum atomic E-state index is 6.11. The molecule has 118 valence electrons. The summed E-state index contributed by atoms with van der Waals surface area (Å²) in [6, 6.07) is 10.1. The average molecular weight is 403 g/mol. The second-order valence-electron chi connectivity index (χ2n) is 5.53. The number of aliphatic imine (C=N–C) groups is 1. The number of benzene rings is 1. The highest BCUT2D eigenvalue weighted by Crippen LogP contribution is 2.18. The SMILES string of the molecule is COC(CN=C(N)N1CCCC(C)C1)c1ccccc1.I. The monoisotopic (exact) mass is 403 g/mol. The zero-order chi connectivity index (χ0) is 14.4. The molecule has 1 heterocycles. The Bertz CT molecular complexity index is 438. The summed E-state index contributed by atoms with van der Waals surface area (Å²) in [5.41, 5.74) is 7.25. The van der Waals surface area contributed by atoms with Gasteiger partial charge in [-0.3, -0.25) is 4.99 Å². The van der Waals surface area contributed by atoms with Crippen LogP contribution in [0.1, 0.15) is 31.4 Å². The molecule has 21 heavy (non-hydrogen) atoms. The fraction of sp³-hybridized carbons (Fsp3) is 0.562. The lowest BCUT2D eigenvalue weighted by Crippen LogP contribution is -2.43. The normalized spacial score (nSPS) is 20.8. The zero-order valence-electron chi connectivity index (χ0n) is 12.9. The lowest BCUT2D eigenvalue weighted by molar-refractivity contribution is 0.110. The molecule has 1 fully saturated rings.